The lowest BCUT2D eigenvalue weighted by Gasteiger charge is -2.19. The third-order valence-corrected chi connectivity index (χ3v) is 3.27. The molecule has 2 aromatic carbocycles. The van der Waals surface area contributed by atoms with Crippen molar-refractivity contribution in [3.05, 3.63) is 65.7 Å². The van der Waals surface area contributed by atoms with E-state index in [0.717, 1.165) is 11.1 Å². The number of halogens is 1. The zero-order chi connectivity index (χ0) is 15.9. The fourth-order valence-corrected chi connectivity index (χ4v) is 2.25. The molecule has 0 radical (unpaired) electrons. The van der Waals surface area contributed by atoms with Gasteiger partial charge < -0.3 is 11.1 Å². The molecule has 1 amide bonds. The molecule has 2 rings (SSSR count). The molecule has 1 atom stereocenters. The highest BCUT2D eigenvalue weighted by molar-refractivity contribution is 6.09. The fourth-order valence-electron chi connectivity index (χ4n) is 2.15. The van der Waals surface area contributed by atoms with E-state index >= 15 is 0 Å². The summed E-state index contributed by atoms with van der Waals surface area (Å²) in [5.41, 5.74) is 8.37. The van der Waals surface area contributed by atoms with Crippen molar-refractivity contribution in [1.29, 1.82) is 0 Å². The van der Waals surface area contributed by atoms with Crippen LogP contribution >= 0.6 is 11.9 Å². The van der Waals surface area contributed by atoms with Crippen molar-refractivity contribution in [3.8, 4) is 0 Å². The van der Waals surface area contributed by atoms with E-state index in [1.54, 1.807) is 6.92 Å². The number of anilines is 1. The molecule has 0 saturated carbocycles. The summed E-state index contributed by atoms with van der Waals surface area (Å²) in [5.74, 6) is -0.468. The molecule has 114 valence electrons. The first-order valence-electron chi connectivity index (χ1n) is 6.66. The summed E-state index contributed by atoms with van der Waals surface area (Å²) < 4.78 is 4.29. The number of nitrogens with zero attached hydrogens (tertiary/aromatic N) is 1. The number of rotatable bonds is 6. The van der Waals surface area contributed by atoms with Gasteiger partial charge in [-0.05, 0) is 18.6 Å². The number of para-hydroxylation sites is 1. The molecule has 1 unspecified atom stereocenters. The molecular weight excluding hydrogens is 302 g/mol. The van der Waals surface area contributed by atoms with E-state index in [9.17, 15) is 4.79 Å². The van der Waals surface area contributed by atoms with Gasteiger partial charge in [0.1, 0.15) is 6.04 Å². The Bertz CT molecular complexity index is 674. The number of nitrogens with one attached hydrogen (secondary N) is 1. The minimum absolute atomic E-state index is 0.468. The molecule has 0 bridgehead atoms. The fraction of sp³-hybridized carbons (Fsp3) is 0.125. The van der Waals surface area contributed by atoms with Gasteiger partial charge in [0.2, 0.25) is 5.91 Å². The number of primary amides is 1. The number of hydrogen-bond acceptors (Lipinski definition) is 4. The molecule has 0 saturated heterocycles. The smallest absolute Gasteiger partial charge is 0.244 e. The van der Waals surface area contributed by atoms with Gasteiger partial charge in [0.05, 0.1) is 5.71 Å². The van der Waals surface area contributed by atoms with E-state index in [1.165, 1.54) is 0 Å². The first-order chi connectivity index (χ1) is 10.6. The van der Waals surface area contributed by atoms with Crippen LogP contribution in [0.4, 0.5) is 5.69 Å². The van der Waals surface area contributed by atoms with Crippen LogP contribution in [0.1, 0.15) is 24.1 Å². The largest absolute Gasteiger partial charge is 0.370 e. The number of hydrogen-bond donors (Lipinski definition) is 2. The summed E-state index contributed by atoms with van der Waals surface area (Å²) >= 11 is 5.17. The quantitative estimate of drug-likeness (QED) is 0.634. The van der Waals surface area contributed by atoms with Gasteiger partial charge >= 0.3 is 0 Å². The zero-order valence-corrected chi connectivity index (χ0v) is 12.7. The van der Waals surface area contributed by atoms with Crippen LogP contribution in [0.15, 0.2) is 59.8 Å². The first-order valence-corrected chi connectivity index (χ1v) is 6.97. The van der Waals surface area contributed by atoms with Crippen LogP contribution in [0.2, 0.25) is 0 Å². The van der Waals surface area contributed by atoms with Crippen molar-refractivity contribution >= 4 is 29.2 Å². The lowest BCUT2D eigenvalue weighted by Crippen LogP contribution is -2.28. The summed E-state index contributed by atoms with van der Waals surface area (Å²) in [6.45, 7) is 1.75. The molecule has 6 heteroatoms. The maximum atomic E-state index is 11.8. The molecule has 0 heterocycles. The summed E-state index contributed by atoms with van der Waals surface area (Å²) in [6, 6.07) is 16.0. The number of oxime groups is 1. The molecular formula is C16H16ClN3O2. The zero-order valence-electron chi connectivity index (χ0n) is 12.0. The van der Waals surface area contributed by atoms with Crippen LogP contribution in [0.25, 0.3) is 0 Å². The highest BCUT2D eigenvalue weighted by atomic mass is 35.5. The van der Waals surface area contributed by atoms with E-state index in [2.05, 4.69) is 14.9 Å². The Morgan fingerprint density at radius 1 is 1.18 bits per heavy atom. The third kappa shape index (κ3) is 3.77. The highest BCUT2D eigenvalue weighted by Gasteiger charge is 2.19. The normalized spacial score (nSPS) is 12.5. The van der Waals surface area contributed by atoms with E-state index in [4.69, 9.17) is 17.6 Å². The molecule has 0 aliphatic rings. The summed E-state index contributed by atoms with van der Waals surface area (Å²) in [5, 5.41) is 6.85. The monoisotopic (exact) mass is 317 g/mol. The Morgan fingerprint density at radius 2 is 1.82 bits per heavy atom. The standard InChI is InChI=1S/C16H16ClN3O2/c1-11(20-22-17)13-9-5-6-10-14(13)19-15(16(18)21)12-7-3-2-4-8-12/h2-10,15,19H,1H3,(H2,18,21). The topological polar surface area (TPSA) is 76.7 Å². The molecule has 0 fully saturated rings. The Kier molecular flexibility index (Phi) is 5.38. The van der Waals surface area contributed by atoms with E-state index < -0.39 is 11.9 Å². The van der Waals surface area contributed by atoms with Gasteiger partial charge in [0.15, 0.2) is 11.9 Å². The van der Waals surface area contributed by atoms with Crippen LogP contribution in [0.5, 0.6) is 0 Å². The molecule has 0 spiro atoms. The van der Waals surface area contributed by atoms with Crippen LogP contribution in [0.3, 0.4) is 0 Å². The summed E-state index contributed by atoms with van der Waals surface area (Å²) in [6.07, 6.45) is 0. The predicted molar refractivity (Wildman–Crippen MR) is 87.6 cm³/mol. The maximum absolute atomic E-state index is 11.8. The van der Waals surface area contributed by atoms with Gasteiger partial charge in [0, 0.05) is 11.3 Å². The molecule has 0 aromatic heterocycles. The molecule has 0 aliphatic carbocycles. The average molecular weight is 318 g/mol. The van der Waals surface area contributed by atoms with Crippen LogP contribution < -0.4 is 11.1 Å². The minimum Gasteiger partial charge on any atom is -0.370 e. The van der Waals surface area contributed by atoms with Crippen LogP contribution in [-0.4, -0.2) is 11.6 Å². The van der Waals surface area contributed by atoms with E-state index in [0.29, 0.717) is 11.4 Å². The molecule has 2 aromatic rings. The van der Waals surface area contributed by atoms with Gasteiger partial charge in [-0.25, -0.2) is 0 Å². The average Bonchev–Trinajstić information content (AvgIpc) is 2.53. The lowest BCUT2D eigenvalue weighted by molar-refractivity contribution is -0.118. The van der Waals surface area contributed by atoms with Gasteiger partial charge in [-0.15, -0.1) is 0 Å². The second-order valence-electron chi connectivity index (χ2n) is 4.68. The summed E-state index contributed by atoms with van der Waals surface area (Å²) in [7, 11) is 0. The number of carbonyl (C=O) groups is 1. The summed E-state index contributed by atoms with van der Waals surface area (Å²) in [4.78, 5) is 11.8. The van der Waals surface area contributed by atoms with Crippen molar-refractivity contribution < 1.29 is 9.18 Å². The SMILES string of the molecule is CC(=NOCl)c1ccccc1NC(C(N)=O)c1ccccc1. The number of nitrogens with two attached hydrogens (primary N) is 1. The molecule has 5 nitrogen and oxygen atoms in total. The van der Waals surface area contributed by atoms with Crippen molar-refractivity contribution in [2.75, 3.05) is 5.32 Å². The number of benzene rings is 2. The minimum atomic E-state index is -0.646. The van der Waals surface area contributed by atoms with Crippen molar-refractivity contribution in [2.24, 2.45) is 10.9 Å². The number of amides is 1. The molecule has 22 heavy (non-hydrogen) atoms. The first kappa shape index (κ1) is 15.9. The Hall–Kier alpha value is -2.53. The van der Waals surface area contributed by atoms with Crippen molar-refractivity contribution in [3.63, 3.8) is 0 Å². The maximum Gasteiger partial charge on any atom is 0.244 e. The Balaban J connectivity index is 2.36. The highest BCUT2D eigenvalue weighted by Crippen LogP contribution is 2.23. The van der Waals surface area contributed by atoms with Gasteiger partial charge in [-0.2, -0.15) is 0 Å². The number of carbonyl (C=O) groups excluding carboxylic acids is 1. The second kappa shape index (κ2) is 7.47. The Labute approximate surface area is 133 Å². The second-order valence-corrected chi connectivity index (χ2v) is 4.82. The van der Waals surface area contributed by atoms with Crippen LogP contribution in [-0.2, 0) is 9.18 Å². The Morgan fingerprint density at radius 3 is 2.45 bits per heavy atom. The van der Waals surface area contributed by atoms with Crippen molar-refractivity contribution in [1.82, 2.24) is 0 Å². The third-order valence-electron chi connectivity index (χ3n) is 3.21. The lowest BCUT2D eigenvalue weighted by atomic mass is 10.0. The van der Waals surface area contributed by atoms with Crippen LogP contribution in [0, 0.1) is 0 Å². The van der Waals surface area contributed by atoms with Gasteiger partial charge in [-0.1, -0.05) is 53.7 Å². The van der Waals surface area contributed by atoms with Gasteiger partial charge in [0.25, 0.3) is 0 Å². The molecule has 0 aliphatic heterocycles. The van der Waals surface area contributed by atoms with Gasteiger partial charge in [-0.3, -0.25) is 9.18 Å². The van der Waals surface area contributed by atoms with Crippen molar-refractivity contribution in [2.45, 2.75) is 13.0 Å². The molecule has 3 N–H and O–H groups in total. The van der Waals surface area contributed by atoms with E-state index in [1.807, 2.05) is 54.6 Å². The van der Waals surface area contributed by atoms with E-state index in [-0.39, 0.29) is 0 Å². The predicted octanol–water partition coefficient (Wildman–Crippen LogP) is 3.22.